The Labute approximate surface area is 293 Å². The van der Waals surface area contributed by atoms with Gasteiger partial charge in [0.2, 0.25) is 0 Å². The van der Waals surface area contributed by atoms with Gasteiger partial charge in [-0.3, -0.25) is 23.9 Å². The number of hydrogen-bond donors (Lipinski definition) is 2. The van der Waals surface area contributed by atoms with Crippen LogP contribution in [0.4, 0.5) is 5.69 Å². The number of H-pyrrole nitrogens is 1. The zero-order valence-electron chi connectivity index (χ0n) is 28.7. The maximum atomic E-state index is 13.0. The second-order valence-electron chi connectivity index (χ2n) is 12.0. The molecule has 4 aromatic rings. The molecule has 0 bridgehead atoms. The number of aliphatic carboxylic acids is 1. The van der Waals surface area contributed by atoms with Crippen LogP contribution in [0.15, 0.2) is 99.6 Å². The van der Waals surface area contributed by atoms with Crippen LogP contribution in [0.25, 0.3) is 0 Å². The van der Waals surface area contributed by atoms with E-state index in [1.807, 2.05) is 78.9 Å². The molecule has 14 heteroatoms. The van der Waals surface area contributed by atoms with Crippen molar-refractivity contribution in [2.75, 3.05) is 34.9 Å². The van der Waals surface area contributed by atoms with Crippen molar-refractivity contribution in [1.29, 1.82) is 0 Å². The number of aliphatic imine (C=N–C) groups is 1. The van der Waals surface area contributed by atoms with Gasteiger partial charge in [0.15, 0.2) is 0 Å². The van der Waals surface area contributed by atoms with Gasteiger partial charge in [-0.25, -0.2) is 9.79 Å². The summed E-state index contributed by atoms with van der Waals surface area (Å²) in [4.78, 5) is 57.7. The second-order valence-corrected chi connectivity index (χ2v) is 12.0. The number of hydrogen-bond acceptors (Lipinski definition) is 10. The predicted molar refractivity (Wildman–Crippen MR) is 187 cm³/mol. The van der Waals surface area contributed by atoms with Crippen LogP contribution in [0.1, 0.15) is 42.2 Å². The van der Waals surface area contributed by atoms with Crippen molar-refractivity contribution < 1.29 is 38.4 Å². The minimum absolute atomic E-state index is 0.000960. The van der Waals surface area contributed by atoms with Crippen molar-refractivity contribution in [3.05, 3.63) is 123 Å². The molecular weight excluding hydrogens is 660 g/mol. The number of aromatic nitrogens is 2. The molecule has 1 aromatic heterocycles. The molecule has 1 fully saturated rings. The molecule has 2 N–H and O–H groups in total. The average molecular weight is 701 g/mol. The third kappa shape index (κ3) is 8.53. The molecule has 268 valence electrons. The maximum absolute atomic E-state index is 13.0. The summed E-state index contributed by atoms with van der Waals surface area (Å²) in [5.74, 6) is -0.608. The van der Waals surface area contributed by atoms with Gasteiger partial charge in [0.05, 0.1) is 40.0 Å². The lowest BCUT2D eigenvalue weighted by molar-refractivity contribution is -0.157. The molecule has 0 unspecified atom stereocenters. The number of nitrogens with zero attached hydrogens (tertiary/aromatic N) is 3. The van der Waals surface area contributed by atoms with E-state index in [9.17, 15) is 19.2 Å². The van der Waals surface area contributed by atoms with E-state index in [2.05, 4.69) is 9.98 Å². The van der Waals surface area contributed by atoms with E-state index in [0.29, 0.717) is 11.5 Å². The largest absolute Gasteiger partial charge is 0.497 e. The van der Waals surface area contributed by atoms with E-state index in [0.717, 1.165) is 16.7 Å². The van der Waals surface area contributed by atoms with E-state index < -0.39 is 53.6 Å². The third-order valence-corrected chi connectivity index (χ3v) is 8.33. The number of esters is 1. The van der Waals surface area contributed by atoms with Crippen LogP contribution in [0.5, 0.6) is 11.5 Å². The van der Waals surface area contributed by atoms with Crippen molar-refractivity contribution in [3.63, 3.8) is 0 Å². The molecule has 1 aliphatic rings. The summed E-state index contributed by atoms with van der Waals surface area (Å²) < 4.78 is 31.2. The Morgan fingerprint density at radius 2 is 1.53 bits per heavy atom. The molecule has 5 rings (SSSR count). The fourth-order valence-corrected chi connectivity index (χ4v) is 5.82. The zero-order chi connectivity index (χ0) is 36.5. The fraction of sp³-hybridized carbons (Fsp3) is 0.324. The Bertz CT molecular complexity index is 1890. The van der Waals surface area contributed by atoms with E-state index >= 15 is 0 Å². The average Bonchev–Trinajstić information content (AvgIpc) is 3.53. The molecule has 3 aromatic carbocycles. The highest BCUT2D eigenvalue weighted by Crippen LogP contribution is 2.43. The molecule has 0 spiro atoms. The standard InChI is InChI=1S/C37H40N4O10/c1-40(2)23-38-29-21-41(36(46)39-35(29)45)32-20-30(51-34(44)19-18-33(42)43)31(50-32)22-49-37(24-8-6-5-7-9-24,25-10-14-27(47-3)15-11-25)26-12-16-28(48-4)17-13-26/h5-17,21,23,30-32H,18-20,22H2,1-4H3,(H,42,43)(H,39,45,46)/t30-,31+,32+/m0/s1. The monoisotopic (exact) mass is 700 g/mol. The fourth-order valence-electron chi connectivity index (χ4n) is 5.82. The number of nitrogens with one attached hydrogen (secondary N) is 1. The van der Waals surface area contributed by atoms with Gasteiger partial charge in [-0.2, -0.15) is 0 Å². The molecule has 2 heterocycles. The minimum Gasteiger partial charge on any atom is -0.497 e. The zero-order valence-corrected chi connectivity index (χ0v) is 28.7. The summed E-state index contributed by atoms with van der Waals surface area (Å²) in [5, 5.41) is 9.14. The number of carboxylic acid groups (broad SMARTS) is 1. The Morgan fingerprint density at radius 1 is 0.941 bits per heavy atom. The summed E-state index contributed by atoms with van der Waals surface area (Å²) in [6.45, 7) is -0.149. The molecule has 51 heavy (non-hydrogen) atoms. The van der Waals surface area contributed by atoms with Gasteiger partial charge >= 0.3 is 17.6 Å². The Kier molecular flexibility index (Phi) is 11.7. The topological polar surface area (TPSA) is 171 Å². The van der Waals surface area contributed by atoms with Gasteiger partial charge in [0.25, 0.3) is 5.56 Å². The normalized spacial score (nSPS) is 17.3. The lowest BCUT2D eigenvalue weighted by Crippen LogP contribution is -2.39. The van der Waals surface area contributed by atoms with Gasteiger partial charge in [-0.15, -0.1) is 0 Å². The van der Waals surface area contributed by atoms with Crippen LogP contribution >= 0.6 is 0 Å². The number of benzene rings is 3. The smallest absolute Gasteiger partial charge is 0.330 e. The molecular formula is C37H40N4O10. The van der Waals surface area contributed by atoms with Crippen LogP contribution in [-0.4, -0.2) is 85.0 Å². The number of carboxylic acids is 1. The molecule has 1 aliphatic heterocycles. The molecule has 3 atom stereocenters. The quantitative estimate of drug-likeness (QED) is 0.0799. The maximum Gasteiger partial charge on any atom is 0.330 e. The highest BCUT2D eigenvalue weighted by atomic mass is 16.6. The summed E-state index contributed by atoms with van der Waals surface area (Å²) in [7, 11) is 6.62. The van der Waals surface area contributed by atoms with Crippen LogP contribution < -0.4 is 20.7 Å². The van der Waals surface area contributed by atoms with Crippen molar-refractivity contribution in [3.8, 4) is 11.5 Å². The SMILES string of the molecule is COc1ccc(C(OC[C@H]2O[C@@H](n3cc(N=CN(C)C)c(=O)[nH]c3=O)C[C@@H]2OC(=O)CCC(=O)O)(c2ccccc2)c2ccc(OC)cc2)cc1. The first kappa shape index (κ1) is 36.5. The van der Waals surface area contributed by atoms with Crippen LogP contribution in [0.3, 0.4) is 0 Å². The highest BCUT2D eigenvalue weighted by Gasteiger charge is 2.44. The second kappa shape index (κ2) is 16.3. The Balaban J connectivity index is 1.56. The van der Waals surface area contributed by atoms with E-state index in [-0.39, 0.29) is 25.1 Å². The van der Waals surface area contributed by atoms with Crippen molar-refractivity contribution >= 4 is 24.0 Å². The minimum atomic E-state index is -1.23. The summed E-state index contributed by atoms with van der Waals surface area (Å²) >= 11 is 0. The van der Waals surface area contributed by atoms with Gasteiger partial charge < -0.3 is 33.7 Å². The molecule has 0 aliphatic carbocycles. The first-order chi connectivity index (χ1) is 24.5. The van der Waals surface area contributed by atoms with Crippen LogP contribution in [0, 0.1) is 0 Å². The van der Waals surface area contributed by atoms with Crippen molar-refractivity contribution in [1.82, 2.24) is 14.5 Å². The third-order valence-electron chi connectivity index (χ3n) is 8.33. The molecule has 1 saturated heterocycles. The van der Waals surface area contributed by atoms with E-state index in [1.54, 1.807) is 33.2 Å². The van der Waals surface area contributed by atoms with Gasteiger partial charge in [-0.05, 0) is 41.0 Å². The van der Waals surface area contributed by atoms with E-state index in [1.165, 1.54) is 17.1 Å². The number of ether oxygens (including phenoxy) is 5. The summed E-state index contributed by atoms with van der Waals surface area (Å²) in [6.07, 6.45) is -0.977. The Morgan fingerprint density at radius 3 is 2.08 bits per heavy atom. The lowest BCUT2D eigenvalue weighted by Gasteiger charge is -2.37. The van der Waals surface area contributed by atoms with Gasteiger partial charge in [0, 0.05) is 26.7 Å². The van der Waals surface area contributed by atoms with Crippen molar-refractivity contribution in [2.24, 2.45) is 4.99 Å². The predicted octanol–water partition coefficient (Wildman–Crippen LogP) is 3.85. The number of aromatic amines is 1. The summed E-state index contributed by atoms with van der Waals surface area (Å²) in [6, 6.07) is 24.5. The molecule has 0 radical (unpaired) electrons. The first-order valence-electron chi connectivity index (χ1n) is 16.2. The molecule has 0 saturated carbocycles. The van der Waals surface area contributed by atoms with Gasteiger partial charge in [0.1, 0.15) is 41.2 Å². The first-order valence-corrected chi connectivity index (χ1v) is 16.2. The van der Waals surface area contributed by atoms with Crippen LogP contribution in [-0.2, 0) is 29.4 Å². The number of methoxy groups -OCH3 is 2. The number of carbonyl (C=O) groups is 2. The highest BCUT2D eigenvalue weighted by molar-refractivity contribution is 5.76. The van der Waals surface area contributed by atoms with Crippen molar-refractivity contribution in [2.45, 2.75) is 43.3 Å². The summed E-state index contributed by atoms with van der Waals surface area (Å²) in [5.41, 5.74) is -0.415. The number of carbonyl (C=O) groups excluding carboxylic acids is 1. The Hall–Kier alpha value is -5.73. The van der Waals surface area contributed by atoms with E-state index in [4.69, 9.17) is 28.8 Å². The van der Waals surface area contributed by atoms with Gasteiger partial charge in [-0.1, -0.05) is 54.6 Å². The number of rotatable bonds is 15. The molecule has 0 amide bonds. The molecule has 14 nitrogen and oxygen atoms in total. The van der Waals surface area contributed by atoms with Crippen LogP contribution in [0.2, 0.25) is 0 Å². The lowest BCUT2D eigenvalue weighted by atomic mass is 9.80.